The normalized spacial score (nSPS) is 9.50. The molecule has 1 aromatic rings. The minimum Gasteiger partial charge on any atom is -0.493 e. The summed E-state index contributed by atoms with van der Waals surface area (Å²) in [6.07, 6.45) is 1.00. The molecule has 0 fully saturated rings. The van der Waals surface area contributed by atoms with Crippen LogP contribution in [0.1, 0.15) is 5.56 Å². The molecule has 0 heterocycles. The fraction of sp³-hybridized carbons (Fsp3) is 0.286. The number of amides is 1. The minimum atomic E-state index is -0.633. The number of benzene rings is 1. The van der Waals surface area contributed by atoms with Crippen LogP contribution in [0.25, 0.3) is 0 Å². The van der Waals surface area contributed by atoms with E-state index in [1.807, 2.05) is 0 Å². The first-order valence-electron chi connectivity index (χ1n) is 5.87. The Balaban J connectivity index is 2.51. The molecule has 0 atom stereocenters. The van der Waals surface area contributed by atoms with Gasteiger partial charge in [0.05, 0.1) is 14.2 Å². The van der Waals surface area contributed by atoms with Crippen LogP contribution in [-0.2, 0) is 20.9 Å². The summed E-state index contributed by atoms with van der Waals surface area (Å²) in [4.78, 5) is 22.2. The molecule has 6 nitrogen and oxygen atoms in total. The van der Waals surface area contributed by atoms with Gasteiger partial charge in [0.2, 0.25) is 0 Å². The first-order valence-corrected chi connectivity index (χ1v) is 5.87. The molecule has 1 amide bonds. The molecule has 0 radical (unpaired) electrons. The van der Waals surface area contributed by atoms with Gasteiger partial charge in [-0.3, -0.25) is 4.79 Å². The third-order valence-electron chi connectivity index (χ3n) is 2.45. The predicted octanol–water partition coefficient (Wildman–Crippen LogP) is 1.05. The molecule has 20 heavy (non-hydrogen) atoms. The highest BCUT2D eigenvalue weighted by Crippen LogP contribution is 2.27. The second-order valence-corrected chi connectivity index (χ2v) is 3.78. The smallest absolute Gasteiger partial charge is 0.330 e. The van der Waals surface area contributed by atoms with Gasteiger partial charge in [-0.1, -0.05) is 12.6 Å². The van der Waals surface area contributed by atoms with Crippen molar-refractivity contribution in [2.75, 3.05) is 20.8 Å². The van der Waals surface area contributed by atoms with Crippen LogP contribution in [0.15, 0.2) is 30.9 Å². The van der Waals surface area contributed by atoms with Crippen LogP contribution < -0.4 is 14.8 Å². The zero-order valence-corrected chi connectivity index (χ0v) is 11.5. The summed E-state index contributed by atoms with van der Waals surface area (Å²) < 4.78 is 14.9. The van der Waals surface area contributed by atoms with Crippen molar-refractivity contribution in [3.05, 3.63) is 36.4 Å². The van der Waals surface area contributed by atoms with Crippen LogP contribution in [-0.4, -0.2) is 32.7 Å². The predicted molar refractivity (Wildman–Crippen MR) is 72.5 cm³/mol. The van der Waals surface area contributed by atoms with E-state index >= 15 is 0 Å². The summed E-state index contributed by atoms with van der Waals surface area (Å²) in [7, 11) is 3.09. The number of rotatable bonds is 7. The van der Waals surface area contributed by atoms with E-state index in [-0.39, 0.29) is 6.61 Å². The summed E-state index contributed by atoms with van der Waals surface area (Å²) >= 11 is 0. The van der Waals surface area contributed by atoms with Crippen LogP contribution in [0.5, 0.6) is 11.5 Å². The van der Waals surface area contributed by atoms with Gasteiger partial charge in [-0.2, -0.15) is 0 Å². The summed E-state index contributed by atoms with van der Waals surface area (Å²) in [5.41, 5.74) is 0.839. The van der Waals surface area contributed by atoms with Crippen molar-refractivity contribution in [3.8, 4) is 11.5 Å². The molecular formula is C14H17NO5. The molecule has 0 aromatic heterocycles. The number of esters is 1. The first kappa shape index (κ1) is 15.6. The SMILES string of the molecule is C=CC(=O)OCC(=O)NCc1ccc(OC)c(OC)c1. The number of ether oxygens (including phenoxy) is 3. The zero-order chi connectivity index (χ0) is 15.0. The van der Waals surface area contributed by atoms with Crippen molar-refractivity contribution in [3.63, 3.8) is 0 Å². The molecule has 108 valence electrons. The van der Waals surface area contributed by atoms with Crippen LogP contribution in [0.4, 0.5) is 0 Å². The molecule has 0 spiro atoms. The Kier molecular flexibility index (Phi) is 6.09. The van der Waals surface area contributed by atoms with Gasteiger partial charge in [0, 0.05) is 12.6 Å². The largest absolute Gasteiger partial charge is 0.493 e. The van der Waals surface area contributed by atoms with Gasteiger partial charge in [0.1, 0.15) is 0 Å². The van der Waals surface area contributed by atoms with Crippen LogP contribution >= 0.6 is 0 Å². The number of methoxy groups -OCH3 is 2. The standard InChI is InChI=1S/C14H17NO5/c1-4-14(17)20-9-13(16)15-8-10-5-6-11(18-2)12(7-10)19-3/h4-7H,1,8-9H2,2-3H3,(H,15,16). The number of nitrogens with one attached hydrogen (secondary N) is 1. The van der Waals surface area contributed by atoms with E-state index in [1.54, 1.807) is 25.3 Å². The summed E-state index contributed by atoms with van der Waals surface area (Å²) in [6, 6.07) is 5.31. The van der Waals surface area contributed by atoms with Crippen molar-refractivity contribution < 1.29 is 23.8 Å². The molecule has 0 aliphatic heterocycles. The topological polar surface area (TPSA) is 73.9 Å². The fourth-order valence-corrected chi connectivity index (χ4v) is 1.44. The summed E-state index contributed by atoms with van der Waals surface area (Å²) in [5, 5.41) is 2.62. The molecule has 0 saturated heterocycles. The Morgan fingerprint density at radius 1 is 1.25 bits per heavy atom. The molecule has 6 heteroatoms. The van der Waals surface area contributed by atoms with Gasteiger partial charge in [-0.25, -0.2) is 4.79 Å². The lowest BCUT2D eigenvalue weighted by molar-refractivity contribution is -0.143. The first-order chi connectivity index (χ1) is 9.60. The van der Waals surface area contributed by atoms with E-state index in [4.69, 9.17) is 9.47 Å². The molecule has 0 aliphatic rings. The van der Waals surface area contributed by atoms with Crippen LogP contribution in [0.3, 0.4) is 0 Å². The maximum absolute atomic E-state index is 11.4. The van der Waals surface area contributed by atoms with E-state index in [1.165, 1.54) is 7.11 Å². The lowest BCUT2D eigenvalue weighted by atomic mass is 10.2. The maximum Gasteiger partial charge on any atom is 0.330 e. The molecule has 1 aromatic carbocycles. The Morgan fingerprint density at radius 3 is 2.55 bits per heavy atom. The number of carbonyl (C=O) groups is 2. The van der Waals surface area contributed by atoms with E-state index in [0.29, 0.717) is 18.0 Å². The van der Waals surface area contributed by atoms with Crippen molar-refractivity contribution in [1.82, 2.24) is 5.32 Å². The molecule has 1 N–H and O–H groups in total. The van der Waals surface area contributed by atoms with E-state index < -0.39 is 11.9 Å². The van der Waals surface area contributed by atoms with Crippen molar-refractivity contribution >= 4 is 11.9 Å². The highest BCUT2D eigenvalue weighted by molar-refractivity contribution is 5.85. The molecule has 0 saturated carbocycles. The zero-order valence-electron chi connectivity index (χ0n) is 11.5. The Bertz CT molecular complexity index is 498. The van der Waals surface area contributed by atoms with Crippen LogP contribution in [0.2, 0.25) is 0 Å². The highest BCUT2D eigenvalue weighted by atomic mass is 16.5. The van der Waals surface area contributed by atoms with E-state index in [2.05, 4.69) is 16.6 Å². The Hall–Kier alpha value is -2.50. The highest BCUT2D eigenvalue weighted by Gasteiger charge is 2.07. The van der Waals surface area contributed by atoms with Gasteiger partial charge in [0.15, 0.2) is 18.1 Å². The van der Waals surface area contributed by atoms with Gasteiger partial charge >= 0.3 is 5.97 Å². The van der Waals surface area contributed by atoms with Crippen molar-refractivity contribution in [1.29, 1.82) is 0 Å². The summed E-state index contributed by atoms with van der Waals surface area (Å²) in [6.45, 7) is 3.20. The Morgan fingerprint density at radius 2 is 1.95 bits per heavy atom. The Labute approximate surface area is 117 Å². The molecule has 0 bridgehead atoms. The van der Waals surface area contributed by atoms with Gasteiger partial charge in [-0.15, -0.1) is 0 Å². The lowest BCUT2D eigenvalue weighted by Crippen LogP contribution is -2.28. The average molecular weight is 279 g/mol. The number of hydrogen-bond acceptors (Lipinski definition) is 5. The molecule has 0 unspecified atom stereocenters. The average Bonchev–Trinajstić information content (AvgIpc) is 2.49. The minimum absolute atomic E-state index is 0.296. The van der Waals surface area contributed by atoms with Gasteiger partial charge in [0.25, 0.3) is 5.91 Å². The van der Waals surface area contributed by atoms with Gasteiger partial charge < -0.3 is 19.5 Å². The lowest BCUT2D eigenvalue weighted by Gasteiger charge is -2.10. The van der Waals surface area contributed by atoms with E-state index in [0.717, 1.165) is 11.6 Å². The van der Waals surface area contributed by atoms with Crippen molar-refractivity contribution in [2.45, 2.75) is 6.54 Å². The van der Waals surface area contributed by atoms with Gasteiger partial charge in [-0.05, 0) is 17.7 Å². The maximum atomic E-state index is 11.4. The molecular weight excluding hydrogens is 262 g/mol. The third kappa shape index (κ3) is 4.64. The molecule has 0 aliphatic carbocycles. The quantitative estimate of drug-likeness (QED) is 0.596. The van der Waals surface area contributed by atoms with Crippen LogP contribution in [0, 0.1) is 0 Å². The van der Waals surface area contributed by atoms with Crippen molar-refractivity contribution in [2.24, 2.45) is 0 Å². The monoisotopic (exact) mass is 279 g/mol. The number of hydrogen-bond donors (Lipinski definition) is 1. The fourth-order valence-electron chi connectivity index (χ4n) is 1.44. The molecule has 1 rings (SSSR count). The van der Waals surface area contributed by atoms with E-state index in [9.17, 15) is 9.59 Å². The second-order valence-electron chi connectivity index (χ2n) is 3.78. The second kappa shape index (κ2) is 7.83. The third-order valence-corrected chi connectivity index (χ3v) is 2.45. The summed E-state index contributed by atoms with van der Waals surface area (Å²) in [5.74, 6) is 0.168. The number of carbonyl (C=O) groups excluding carboxylic acids is 2.